The van der Waals surface area contributed by atoms with Gasteiger partial charge in [-0.05, 0) is 62.5 Å². The second-order valence-electron chi connectivity index (χ2n) is 8.98. The molecule has 2 aliphatic rings. The van der Waals surface area contributed by atoms with Crippen molar-refractivity contribution in [3.8, 4) is 0 Å². The zero-order chi connectivity index (χ0) is 23.4. The molecule has 0 N–H and O–H groups in total. The number of methoxy groups -OCH3 is 1. The van der Waals surface area contributed by atoms with Crippen molar-refractivity contribution in [1.82, 2.24) is 9.91 Å². The molecule has 1 fully saturated rings. The minimum Gasteiger partial charge on any atom is -0.380 e. The van der Waals surface area contributed by atoms with Gasteiger partial charge in [0.05, 0.1) is 17.4 Å². The van der Waals surface area contributed by atoms with Crippen LogP contribution >= 0.6 is 0 Å². The van der Waals surface area contributed by atoms with Crippen LogP contribution in [0.25, 0.3) is 0 Å². The Hall–Kier alpha value is -2.64. The Balaban J connectivity index is 1.62. The van der Waals surface area contributed by atoms with E-state index < -0.39 is 17.2 Å². The van der Waals surface area contributed by atoms with Gasteiger partial charge in [0.1, 0.15) is 11.6 Å². The summed E-state index contributed by atoms with van der Waals surface area (Å²) in [6, 6.07) is 13.1. The number of hydrazone groups is 1. The van der Waals surface area contributed by atoms with Crippen LogP contribution in [0.5, 0.6) is 0 Å². The highest BCUT2D eigenvalue weighted by Crippen LogP contribution is 2.43. The number of rotatable bonds is 7. The van der Waals surface area contributed by atoms with E-state index in [4.69, 9.17) is 4.74 Å². The highest BCUT2D eigenvalue weighted by Gasteiger charge is 2.46. The van der Waals surface area contributed by atoms with Crippen LogP contribution in [-0.2, 0) is 15.1 Å². The van der Waals surface area contributed by atoms with E-state index in [1.165, 1.54) is 11.9 Å². The Kier molecular flexibility index (Phi) is 7.20. The molecule has 2 aromatic rings. The first-order chi connectivity index (χ1) is 15.9. The molecular weight excluding hydrogens is 424 g/mol. The molecule has 2 atom stereocenters. The molecule has 0 aliphatic carbocycles. The second-order valence-corrected chi connectivity index (χ2v) is 8.98. The lowest BCUT2D eigenvalue weighted by Crippen LogP contribution is -2.44. The number of carbonyl (C=O) groups is 1. The fourth-order valence-electron chi connectivity index (χ4n) is 5.16. The van der Waals surface area contributed by atoms with Gasteiger partial charge in [-0.2, -0.15) is 5.10 Å². The lowest BCUT2D eigenvalue weighted by atomic mass is 9.80. The molecule has 0 spiro atoms. The maximum absolute atomic E-state index is 14.6. The van der Waals surface area contributed by atoms with E-state index in [-0.39, 0.29) is 17.6 Å². The van der Waals surface area contributed by atoms with Crippen molar-refractivity contribution in [2.45, 2.75) is 50.7 Å². The summed E-state index contributed by atoms with van der Waals surface area (Å²) in [5, 5.41) is 6.02. The summed E-state index contributed by atoms with van der Waals surface area (Å²) in [6.45, 7) is 4.29. The summed E-state index contributed by atoms with van der Waals surface area (Å²) in [7, 11) is 1.76. The highest BCUT2D eigenvalue weighted by molar-refractivity contribution is 6.03. The molecule has 4 rings (SSSR count). The van der Waals surface area contributed by atoms with Gasteiger partial charge >= 0.3 is 0 Å². The Bertz CT molecular complexity index is 1010. The fourth-order valence-corrected chi connectivity index (χ4v) is 5.16. The molecule has 2 heterocycles. The van der Waals surface area contributed by atoms with Crippen molar-refractivity contribution >= 4 is 11.6 Å². The molecule has 0 radical (unpaired) electrons. The quantitative estimate of drug-likeness (QED) is 0.608. The van der Waals surface area contributed by atoms with Crippen molar-refractivity contribution < 1.29 is 18.3 Å². The van der Waals surface area contributed by atoms with Gasteiger partial charge in [0, 0.05) is 32.6 Å². The molecule has 0 aromatic heterocycles. The summed E-state index contributed by atoms with van der Waals surface area (Å²) in [6.07, 6.45) is 4.27. The van der Waals surface area contributed by atoms with E-state index in [0.29, 0.717) is 18.6 Å². The number of halogens is 2. The number of ether oxygens (including phenoxy) is 1. The Morgan fingerprint density at radius 3 is 2.73 bits per heavy atom. The SMILES string of the molecule is COC1CCCN(CCC[C@@]2(c3ccccc3)CC(c3cc(F)ccc3F)=NN2C(C)=O)C1. The first-order valence-electron chi connectivity index (χ1n) is 11.6. The predicted molar refractivity (Wildman–Crippen MR) is 124 cm³/mol. The number of hydrogen-bond donors (Lipinski definition) is 0. The third-order valence-corrected chi connectivity index (χ3v) is 6.80. The highest BCUT2D eigenvalue weighted by atomic mass is 19.1. The van der Waals surface area contributed by atoms with Gasteiger partial charge in [0.2, 0.25) is 5.91 Å². The molecule has 1 amide bonds. The fraction of sp³-hybridized carbons (Fsp3) is 0.462. The number of carbonyl (C=O) groups excluding carboxylic acids is 1. The summed E-state index contributed by atoms with van der Waals surface area (Å²) in [4.78, 5) is 15.1. The van der Waals surface area contributed by atoms with Crippen LogP contribution in [0.4, 0.5) is 8.78 Å². The van der Waals surface area contributed by atoms with Crippen LogP contribution in [0, 0.1) is 11.6 Å². The van der Waals surface area contributed by atoms with Gasteiger partial charge in [-0.15, -0.1) is 0 Å². The number of piperidine rings is 1. The van der Waals surface area contributed by atoms with E-state index in [1.54, 1.807) is 7.11 Å². The molecule has 0 bridgehead atoms. The lowest BCUT2D eigenvalue weighted by Gasteiger charge is -2.38. The van der Waals surface area contributed by atoms with Crippen LogP contribution in [0.15, 0.2) is 53.6 Å². The van der Waals surface area contributed by atoms with Gasteiger partial charge < -0.3 is 9.64 Å². The van der Waals surface area contributed by atoms with Crippen LogP contribution < -0.4 is 0 Å². The zero-order valence-electron chi connectivity index (χ0n) is 19.3. The number of benzene rings is 2. The monoisotopic (exact) mass is 455 g/mol. The van der Waals surface area contributed by atoms with Gasteiger partial charge in [-0.3, -0.25) is 4.79 Å². The molecule has 2 aliphatic heterocycles. The molecule has 0 saturated carbocycles. The molecule has 7 heteroatoms. The minimum atomic E-state index is -0.738. The van der Waals surface area contributed by atoms with Crippen molar-refractivity contribution in [2.24, 2.45) is 5.10 Å². The van der Waals surface area contributed by atoms with E-state index >= 15 is 0 Å². The average molecular weight is 456 g/mol. The van der Waals surface area contributed by atoms with Crippen LogP contribution in [-0.4, -0.2) is 54.4 Å². The van der Waals surface area contributed by atoms with Gasteiger partial charge in [-0.1, -0.05) is 30.3 Å². The van der Waals surface area contributed by atoms with Gasteiger partial charge in [-0.25, -0.2) is 13.8 Å². The van der Waals surface area contributed by atoms with Crippen LogP contribution in [0.3, 0.4) is 0 Å². The Morgan fingerprint density at radius 2 is 2.00 bits per heavy atom. The van der Waals surface area contributed by atoms with Gasteiger partial charge in [0.15, 0.2) is 0 Å². The molecule has 176 valence electrons. The molecule has 5 nitrogen and oxygen atoms in total. The average Bonchev–Trinajstić information content (AvgIpc) is 3.22. The molecule has 1 saturated heterocycles. The van der Waals surface area contributed by atoms with E-state index in [2.05, 4.69) is 10.0 Å². The first kappa shape index (κ1) is 23.5. The smallest absolute Gasteiger partial charge is 0.240 e. The number of likely N-dealkylation sites (tertiary alicyclic amines) is 1. The third-order valence-electron chi connectivity index (χ3n) is 6.80. The van der Waals surface area contributed by atoms with Crippen LogP contribution in [0.2, 0.25) is 0 Å². The van der Waals surface area contributed by atoms with Crippen molar-refractivity contribution in [1.29, 1.82) is 0 Å². The largest absolute Gasteiger partial charge is 0.380 e. The number of hydrogen-bond acceptors (Lipinski definition) is 4. The molecular formula is C26H31F2N3O2. The number of nitrogens with zero attached hydrogens (tertiary/aromatic N) is 3. The second kappa shape index (κ2) is 10.1. The van der Waals surface area contributed by atoms with Crippen molar-refractivity contribution in [3.63, 3.8) is 0 Å². The topological polar surface area (TPSA) is 45.1 Å². The normalized spacial score (nSPS) is 23.6. The summed E-state index contributed by atoms with van der Waals surface area (Å²) in [5.74, 6) is -1.29. The van der Waals surface area contributed by atoms with Crippen LogP contribution in [0.1, 0.15) is 50.2 Å². The van der Waals surface area contributed by atoms with E-state index in [1.807, 2.05) is 30.3 Å². The Labute approximate surface area is 194 Å². The van der Waals surface area contributed by atoms with Gasteiger partial charge in [0.25, 0.3) is 0 Å². The van der Waals surface area contributed by atoms with E-state index in [0.717, 1.165) is 62.7 Å². The zero-order valence-corrected chi connectivity index (χ0v) is 19.3. The van der Waals surface area contributed by atoms with Crippen molar-refractivity contribution in [2.75, 3.05) is 26.7 Å². The van der Waals surface area contributed by atoms with E-state index in [9.17, 15) is 13.6 Å². The molecule has 33 heavy (non-hydrogen) atoms. The summed E-state index contributed by atoms with van der Waals surface area (Å²) >= 11 is 0. The maximum atomic E-state index is 14.6. The predicted octanol–water partition coefficient (Wildman–Crippen LogP) is 4.71. The summed E-state index contributed by atoms with van der Waals surface area (Å²) < 4.78 is 34.1. The third kappa shape index (κ3) is 4.99. The van der Waals surface area contributed by atoms with Crippen molar-refractivity contribution in [3.05, 3.63) is 71.3 Å². The maximum Gasteiger partial charge on any atom is 0.240 e. The lowest BCUT2D eigenvalue weighted by molar-refractivity contribution is -0.135. The Morgan fingerprint density at radius 1 is 1.21 bits per heavy atom. The number of amides is 1. The molecule has 1 unspecified atom stereocenters. The minimum absolute atomic E-state index is 0.109. The standard InChI is InChI=1S/C26H31F2N3O2/c1-19(32)31-26(20-8-4-3-5-9-20,13-7-15-30-14-6-10-22(18-30)33-2)17-25(29-31)23-16-21(27)11-12-24(23)28/h3-5,8-9,11-12,16,22H,6-7,10,13-15,17-18H2,1-2H3/t22?,26-/m0/s1. The first-order valence-corrected chi connectivity index (χ1v) is 11.6. The summed E-state index contributed by atoms with van der Waals surface area (Å²) in [5.41, 5.74) is 0.711. The molecule has 2 aromatic carbocycles.